The van der Waals surface area contributed by atoms with Crippen LogP contribution in [-0.4, -0.2) is 42.4 Å². The summed E-state index contributed by atoms with van der Waals surface area (Å²) in [7, 11) is 0. The number of nitrogens with one attached hydrogen (secondary N) is 1. The first-order valence-corrected chi connectivity index (χ1v) is 7.55. The average Bonchev–Trinajstić information content (AvgIpc) is 2.54. The zero-order valence-corrected chi connectivity index (χ0v) is 13.5. The molecular formula is C16H24ClN3O2. The second-order valence-electron chi connectivity index (χ2n) is 5.36. The number of rotatable bonds is 5. The minimum absolute atomic E-state index is 0. The van der Waals surface area contributed by atoms with Crippen LogP contribution >= 0.6 is 12.4 Å². The predicted molar refractivity (Wildman–Crippen MR) is 89.0 cm³/mol. The number of amides is 2. The van der Waals surface area contributed by atoms with Gasteiger partial charge >= 0.3 is 0 Å². The molecule has 2 rings (SSSR count). The molecule has 0 bridgehead atoms. The van der Waals surface area contributed by atoms with Gasteiger partial charge in [-0.25, -0.2) is 0 Å². The van der Waals surface area contributed by atoms with Crippen LogP contribution in [0.25, 0.3) is 0 Å². The summed E-state index contributed by atoms with van der Waals surface area (Å²) in [5, 5.41) is 2.88. The maximum absolute atomic E-state index is 12.6. The van der Waals surface area contributed by atoms with E-state index >= 15 is 0 Å². The molecule has 1 atom stereocenters. The van der Waals surface area contributed by atoms with E-state index in [0.717, 1.165) is 25.8 Å². The summed E-state index contributed by atoms with van der Waals surface area (Å²) < 4.78 is 0. The number of carbonyl (C=O) groups excluding carboxylic acids is 2. The number of piperidine rings is 1. The highest BCUT2D eigenvalue weighted by Gasteiger charge is 2.27. The minimum Gasteiger partial charge on any atom is -0.354 e. The minimum atomic E-state index is -0.0461. The number of likely N-dealkylation sites (tertiary alicyclic amines) is 1. The number of nitrogens with two attached hydrogens (primary N) is 1. The van der Waals surface area contributed by atoms with Gasteiger partial charge in [-0.2, -0.15) is 0 Å². The standard InChI is InChI=1S/C16H23N3O2.ClH/c17-10-9-15(20)18-12-14-8-4-5-11-19(14)16(21)13-6-2-1-3-7-13;/h1-3,6-7,14H,4-5,8-12,17H2,(H,18,20);1H. The molecule has 22 heavy (non-hydrogen) atoms. The molecule has 2 amide bonds. The number of halogens is 1. The molecule has 0 spiro atoms. The average molecular weight is 326 g/mol. The summed E-state index contributed by atoms with van der Waals surface area (Å²) in [4.78, 5) is 26.0. The van der Waals surface area contributed by atoms with E-state index in [0.29, 0.717) is 25.1 Å². The van der Waals surface area contributed by atoms with Crippen molar-refractivity contribution >= 4 is 24.2 Å². The Morgan fingerprint density at radius 1 is 1.23 bits per heavy atom. The number of hydrogen-bond acceptors (Lipinski definition) is 3. The van der Waals surface area contributed by atoms with Gasteiger partial charge in [-0.05, 0) is 31.4 Å². The SMILES string of the molecule is Cl.NCCC(=O)NCC1CCCCN1C(=O)c1ccccc1. The van der Waals surface area contributed by atoms with Crippen LogP contribution in [0, 0.1) is 0 Å². The lowest BCUT2D eigenvalue weighted by atomic mass is 10.0. The molecule has 1 saturated heterocycles. The molecule has 3 N–H and O–H groups in total. The Morgan fingerprint density at radius 3 is 2.64 bits per heavy atom. The van der Waals surface area contributed by atoms with Crippen molar-refractivity contribution in [1.82, 2.24) is 10.2 Å². The lowest BCUT2D eigenvalue weighted by Crippen LogP contribution is -2.49. The Balaban J connectivity index is 0.00000242. The molecule has 1 heterocycles. The van der Waals surface area contributed by atoms with Crippen molar-refractivity contribution in [2.45, 2.75) is 31.7 Å². The van der Waals surface area contributed by atoms with Crippen molar-refractivity contribution in [3.63, 3.8) is 0 Å². The summed E-state index contributed by atoms with van der Waals surface area (Å²) in [6, 6.07) is 9.39. The number of benzene rings is 1. The van der Waals surface area contributed by atoms with Crippen molar-refractivity contribution in [2.75, 3.05) is 19.6 Å². The molecule has 1 fully saturated rings. The number of nitrogens with zero attached hydrogens (tertiary/aromatic N) is 1. The van der Waals surface area contributed by atoms with Gasteiger partial charge in [-0.1, -0.05) is 18.2 Å². The van der Waals surface area contributed by atoms with Gasteiger partial charge < -0.3 is 16.0 Å². The largest absolute Gasteiger partial charge is 0.354 e. The van der Waals surface area contributed by atoms with Crippen LogP contribution in [0.4, 0.5) is 0 Å². The maximum atomic E-state index is 12.6. The molecule has 1 unspecified atom stereocenters. The number of carbonyl (C=O) groups is 2. The quantitative estimate of drug-likeness (QED) is 0.862. The van der Waals surface area contributed by atoms with Gasteiger partial charge in [0.1, 0.15) is 0 Å². The van der Waals surface area contributed by atoms with Crippen LogP contribution in [0.5, 0.6) is 0 Å². The van der Waals surface area contributed by atoms with E-state index in [1.807, 2.05) is 35.2 Å². The second kappa shape index (κ2) is 9.43. The van der Waals surface area contributed by atoms with Crippen molar-refractivity contribution in [3.05, 3.63) is 35.9 Å². The molecule has 0 aromatic heterocycles. The van der Waals surface area contributed by atoms with E-state index < -0.39 is 0 Å². The molecule has 1 aliphatic heterocycles. The highest BCUT2D eigenvalue weighted by Crippen LogP contribution is 2.19. The van der Waals surface area contributed by atoms with Crippen LogP contribution in [-0.2, 0) is 4.79 Å². The van der Waals surface area contributed by atoms with E-state index in [-0.39, 0.29) is 30.3 Å². The van der Waals surface area contributed by atoms with E-state index in [1.54, 1.807) is 0 Å². The molecule has 0 aliphatic carbocycles. The normalized spacial score (nSPS) is 17.5. The first-order chi connectivity index (χ1) is 10.2. The smallest absolute Gasteiger partial charge is 0.254 e. The van der Waals surface area contributed by atoms with Gasteiger partial charge in [0.15, 0.2) is 0 Å². The fraction of sp³-hybridized carbons (Fsp3) is 0.500. The third kappa shape index (κ3) is 5.00. The Bertz CT molecular complexity index is 482. The maximum Gasteiger partial charge on any atom is 0.254 e. The molecule has 5 nitrogen and oxygen atoms in total. The van der Waals surface area contributed by atoms with Gasteiger partial charge in [0.25, 0.3) is 5.91 Å². The summed E-state index contributed by atoms with van der Waals surface area (Å²) in [6.07, 6.45) is 3.38. The molecule has 1 aromatic carbocycles. The van der Waals surface area contributed by atoms with E-state index in [4.69, 9.17) is 5.73 Å². The summed E-state index contributed by atoms with van der Waals surface area (Å²) in [5.74, 6) is 0.00329. The third-order valence-electron chi connectivity index (χ3n) is 3.81. The first kappa shape index (κ1) is 18.5. The molecular weight excluding hydrogens is 302 g/mol. The summed E-state index contributed by atoms with van der Waals surface area (Å²) in [6.45, 7) is 1.62. The number of hydrogen-bond donors (Lipinski definition) is 2. The topological polar surface area (TPSA) is 75.4 Å². The Morgan fingerprint density at radius 2 is 1.95 bits per heavy atom. The molecule has 1 aromatic rings. The van der Waals surface area contributed by atoms with Gasteiger partial charge in [0, 0.05) is 37.7 Å². The fourth-order valence-electron chi connectivity index (χ4n) is 2.68. The van der Waals surface area contributed by atoms with E-state index in [2.05, 4.69) is 5.32 Å². The van der Waals surface area contributed by atoms with Crippen molar-refractivity contribution in [1.29, 1.82) is 0 Å². The lowest BCUT2D eigenvalue weighted by molar-refractivity contribution is -0.121. The van der Waals surface area contributed by atoms with Crippen LogP contribution in [0.2, 0.25) is 0 Å². The van der Waals surface area contributed by atoms with Crippen molar-refractivity contribution in [3.8, 4) is 0 Å². The zero-order chi connectivity index (χ0) is 15.1. The highest BCUT2D eigenvalue weighted by molar-refractivity contribution is 5.94. The Kier molecular flexibility index (Phi) is 7.91. The molecule has 0 radical (unpaired) electrons. The molecule has 122 valence electrons. The summed E-state index contributed by atoms with van der Waals surface area (Å²) in [5.41, 5.74) is 6.07. The monoisotopic (exact) mass is 325 g/mol. The lowest BCUT2D eigenvalue weighted by Gasteiger charge is -2.36. The van der Waals surface area contributed by atoms with Crippen LogP contribution in [0.3, 0.4) is 0 Å². The molecule has 0 saturated carbocycles. The zero-order valence-electron chi connectivity index (χ0n) is 12.7. The van der Waals surface area contributed by atoms with Gasteiger partial charge in [-0.3, -0.25) is 9.59 Å². The van der Waals surface area contributed by atoms with Crippen LogP contribution in [0.1, 0.15) is 36.0 Å². The van der Waals surface area contributed by atoms with Crippen molar-refractivity contribution in [2.24, 2.45) is 5.73 Å². The van der Waals surface area contributed by atoms with E-state index in [9.17, 15) is 9.59 Å². The van der Waals surface area contributed by atoms with E-state index in [1.165, 1.54) is 0 Å². The summed E-state index contributed by atoms with van der Waals surface area (Å²) >= 11 is 0. The van der Waals surface area contributed by atoms with Gasteiger partial charge in [0.05, 0.1) is 0 Å². The second-order valence-corrected chi connectivity index (χ2v) is 5.36. The van der Waals surface area contributed by atoms with Crippen molar-refractivity contribution < 1.29 is 9.59 Å². The first-order valence-electron chi connectivity index (χ1n) is 7.55. The molecule has 1 aliphatic rings. The third-order valence-corrected chi connectivity index (χ3v) is 3.81. The van der Waals surface area contributed by atoms with Gasteiger partial charge in [-0.15, -0.1) is 12.4 Å². The Labute approximate surface area is 137 Å². The van der Waals surface area contributed by atoms with Crippen LogP contribution < -0.4 is 11.1 Å². The van der Waals surface area contributed by atoms with Crippen LogP contribution in [0.15, 0.2) is 30.3 Å². The molecule has 6 heteroatoms. The fourth-order valence-corrected chi connectivity index (χ4v) is 2.68. The highest BCUT2D eigenvalue weighted by atomic mass is 35.5. The Hall–Kier alpha value is -1.59. The predicted octanol–water partition coefficient (Wildman–Crippen LogP) is 1.57. The van der Waals surface area contributed by atoms with Gasteiger partial charge in [0.2, 0.25) is 5.91 Å².